The van der Waals surface area contributed by atoms with Crippen LogP contribution in [0.25, 0.3) is 12.2 Å². The Kier molecular flexibility index (Phi) is 10.7. The summed E-state index contributed by atoms with van der Waals surface area (Å²) in [6.45, 7) is 5.28. The van der Waals surface area contributed by atoms with E-state index in [0.29, 0.717) is 0 Å². The zero-order valence-electron chi connectivity index (χ0n) is 20.3. The van der Waals surface area contributed by atoms with Gasteiger partial charge in [-0.3, -0.25) is 0 Å². The van der Waals surface area contributed by atoms with Crippen molar-refractivity contribution in [1.82, 2.24) is 0 Å². The van der Waals surface area contributed by atoms with Crippen molar-refractivity contribution < 1.29 is 4.74 Å². The molecule has 0 radical (unpaired) electrons. The van der Waals surface area contributed by atoms with Gasteiger partial charge < -0.3 is 4.74 Å². The van der Waals surface area contributed by atoms with Gasteiger partial charge in [0.05, 0.1) is 6.61 Å². The lowest BCUT2D eigenvalue weighted by Gasteiger charge is -2.29. The van der Waals surface area contributed by atoms with Gasteiger partial charge in [-0.2, -0.15) is 0 Å². The van der Waals surface area contributed by atoms with Crippen molar-refractivity contribution in [2.45, 2.75) is 84.0 Å². The normalized spacial score (nSPS) is 19.1. The van der Waals surface area contributed by atoms with Gasteiger partial charge in [-0.15, -0.1) is 0 Å². The molecular formula is C31H42O. The SMILES string of the molecule is CCCCCC1CCC(c2cccc(C=CC=Cc3ccc(OCCCC)cc3)c2)CC1. The molecule has 1 saturated carbocycles. The van der Waals surface area contributed by atoms with Crippen molar-refractivity contribution in [2.75, 3.05) is 6.61 Å². The number of hydrogen-bond donors (Lipinski definition) is 0. The fraction of sp³-hybridized carbons (Fsp3) is 0.484. The Balaban J connectivity index is 1.47. The Morgan fingerprint density at radius 3 is 2.22 bits per heavy atom. The van der Waals surface area contributed by atoms with E-state index in [1.54, 1.807) is 0 Å². The smallest absolute Gasteiger partial charge is 0.119 e. The average Bonchev–Trinajstić information content (AvgIpc) is 2.84. The molecule has 2 aromatic carbocycles. The molecule has 0 heterocycles. The van der Waals surface area contributed by atoms with E-state index in [-0.39, 0.29) is 0 Å². The van der Waals surface area contributed by atoms with Gasteiger partial charge in [0, 0.05) is 0 Å². The van der Waals surface area contributed by atoms with Gasteiger partial charge in [-0.25, -0.2) is 0 Å². The van der Waals surface area contributed by atoms with Crippen LogP contribution in [0, 0.1) is 5.92 Å². The zero-order chi connectivity index (χ0) is 22.4. The summed E-state index contributed by atoms with van der Waals surface area (Å²) < 4.78 is 5.74. The highest BCUT2D eigenvalue weighted by Crippen LogP contribution is 2.38. The molecule has 1 fully saturated rings. The minimum Gasteiger partial charge on any atom is -0.494 e. The molecule has 0 saturated heterocycles. The summed E-state index contributed by atoms with van der Waals surface area (Å²) in [6, 6.07) is 17.5. The van der Waals surface area contributed by atoms with Crippen LogP contribution in [0.3, 0.4) is 0 Å². The van der Waals surface area contributed by atoms with E-state index in [0.717, 1.165) is 37.0 Å². The second-order valence-corrected chi connectivity index (χ2v) is 9.37. The number of ether oxygens (including phenoxy) is 1. The van der Waals surface area contributed by atoms with Crippen LogP contribution in [-0.2, 0) is 0 Å². The van der Waals surface area contributed by atoms with Gasteiger partial charge in [0.15, 0.2) is 0 Å². The van der Waals surface area contributed by atoms with E-state index in [2.05, 4.69) is 86.7 Å². The second kappa shape index (κ2) is 14.0. The molecule has 1 heteroatoms. The van der Waals surface area contributed by atoms with E-state index in [4.69, 9.17) is 4.74 Å². The van der Waals surface area contributed by atoms with Gasteiger partial charge in [-0.05, 0) is 72.8 Å². The predicted molar refractivity (Wildman–Crippen MR) is 140 cm³/mol. The fourth-order valence-corrected chi connectivity index (χ4v) is 4.73. The lowest BCUT2D eigenvalue weighted by Crippen LogP contribution is -2.13. The van der Waals surface area contributed by atoms with Crippen molar-refractivity contribution in [3.05, 3.63) is 77.4 Å². The summed E-state index contributed by atoms with van der Waals surface area (Å²) in [6.07, 6.45) is 22.1. The Labute approximate surface area is 196 Å². The van der Waals surface area contributed by atoms with Crippen LogP contribution < -0.4 is 4.74 Å². The van der Waals surface area contributed by atoms with Crippen molar-refractivity contribution in [1.29, 1.82) is 0 Å². The monoisotopic (exact) mass is 430 g/mol. The van der Waals surface area contributed by atoms with Crippen LogP contribution in [0.4, 0.5) is 0 Å². The van der Waals surface area contributed by atoms with E-state index < -0.39 is 0 Å². The Hall–Kier alpha value is -2.28. The molecule has 0 N–H and O–H groups in total. The van der Waals surface area contributed by atoms with Gasteiger partial charge in [-0.1, -0.05) is 107 Å². The molecule has 1 aliphatic carbocycles. The minimum atomic E-state index is 0.749. The average molecular weight is 431 g/mol. The lowest BCUT2D eigenvalue weighted by atomic mass is 9.77. The summed E-state index contributed by atoms with van der Waals surface area (Å²) in [7, 11) is 0. The van der Waals surface area contributed by atoms with E-state index >= 15 is 0 Å². The van der Waals surface area contributed by atoms with Gasteiger partial charge in [0.1, 0.15) is 5.75 Å². The second-order valence-electron chi connectivity index (χ2n) is 9.37. The number of hydrogen-bond acceptors (Lipinski definition) is 1. The summed E-state index contributed by atoms with van der Waals surface area (Å²) >= 11 is 0. The van der Waals surface area contributed by atoms with Crippen LogP contribution in [0.15, 0.2) is 60.7 Å². The molecule has 0 atom stereocenters. The fourth-order valence-electron chi connectivity index (χ4n) is 4.73. The number of benzene rings is 2. The molecule has 3 rings (SSSR count). The standard InChI is InChI=1S/C31H42O/c1-3-5-7-11-26-16-20-29(21-17-26)30-15-10-14-28(25-30)13-9-8-12-27-18-22-31(23-19-27)32-24-6-4-2/h8-10,12-15,18-19,22-23,25-26,29H,3-7,11,16-17,20-21,24H2,1-2H3. The van der Waals surface area contributed by atoms with E-state index in [1.165, 1.54) is 68.1 Å². The van der Waals surface area contributed by atoms with E-state index in [9.17, 15) is 0 Å². The van der Waals surface area contributed by atoms with Crippen molar-refractivity contribution in [2.24, 2.45) is 5.92 Å². The molecule has 0 amide bonds. The molecule has 1 nitrogen and oxygen atoms in total. The maximum Gasteiger partial charge on any atom is 0.119 e. The molecule has 0 bridgehead atoms. The molecular weight excluding hydrogens is 388 g/mol. The maximum atomic E-state index is 5.74. The first kappa shape index (κ1) is 24.4. The molecule has 1 aliphatic rings. The lowest BCUT2D eigenvalue weighted by molar-refractivity contribution is 0.303. The molecule has 0 spiro atoms. The first-order valence-electron chi connectivity index (χ1n) is 13.0. The minimum absolute atomic E-state index is 0.749. The van der Waals surface area contributed by atoms with Gasteiger partial charge in [0.2, 0.25) is 0 Å². The Morgan fingerprint density at radius 2 is 1.50 bits per heavy atom. The van der Waals surface area contributed by atoms with Crippen LogP contribution in [-0.4, -0.2) is 6.61 Å². The van der Waals surface area contributed by atoms with E-state index in [1.807, 2.05) is 0 Å². The first-order chi connectivity index (χ1) is 15.8. The van der Waals surface area contributed by atoms with Crippen LogP contribution >= 0.6 is 0 Å². The largest absolute Gasteiger partial charge is 0.494 e. The third-order valence-electron chi connectivity index (χ3n) is 6.78. The highest BCUT2D eigenvalue weighted by Gasteiger charge is 2.22. The molecule has 32 heavy (non-hydrogen) atoms. The van der Waals surface area contributed by atoms with Gasteiger partial charge in [0.25, 0.3) is 0 Å². The highest BCUT2D eigenvalue weighted by atomic mass is 16.5. The van der Waals surface area contributed by atoms with Crippen molar-refractivity contribution >= 4 is 12.2 Å². The quantitative estimate of drug-likeness (QED) is 0.241. The summed E-state index contributed by atoms with van der Waals surface area (Å²) in [5.74, 6) is 2.68. The summed E-state index contributed by atoms with van der Waals surface area (Å²) in [5, 5.41) is 0. The molecule has 0 aliphatic heterocycles. The van der Waals surface area contributed by atoms with Crippen LogP contribution in [0.1, 0.15) is 101 Å². The number of allylic oxidation sites excluding steroid dienone is 2. The molecule has 0 unspecified atom stereocenters. The topological polar surface area (TPSA) is 9.23 Å². The summed E-state index contributed by atoms with van der Waals surface area (Å²) in [4.78, 5) is 0. The molecule has 2 aromatic rings. The number of rotatable bonds is 12. The zero-order valence-corrected chi connectivity index (χ0v) is 20.3. The number of unbranched alkanes of at least 4 members (excludes halogenated alkanes) is 3. The van der Waals surface area contributed by atoms with Gasteiger partial charge >= 0.3 is 0 Å². The Bertz CT molecular complexity index is 822. The Morgan fingerprint density at radius 1 is 0.781 bits per heavy atom. The predicted octanol–water partition coefficient (Wildman–Crippen LogP) is 9.45. The van der Waals surface area contributed by atoms with Crippen molar-refractivity contribution in [3.8, 4) is 5.75 Å². The third-order valence-corrected chi connectivity index (χ3v) is 6.78. The third kappa shape index (κ3) is 8.34. The molecule has 0 aromatic heterocycles. The van der Waals surface area contributed by atoms with Crippen molar-refractivity contribution in [3.63, 3.8) is 0 Å². The van der Waals surface area contributed by atoms with Crippen LogP contribution in [0.2, 0.25) is 0 Å². The first-order valence-corrected chi connectivity index (χ1v) is 13.0. The molecule has 172 valence electrons. The summed E-state index contributed by atoms with van der Waals surface area (Å²) in [5.41, 5.74) is 4.03. The maximum absolute atomic E-state index is 5.74. The highest BCUT2D eigenvalue weighted by molar-refractivity contribution is 5.58. The van der Waals surface area contributed by atoms with Crippen LogP contribution in [0.5, 0.6) is 5.75 Å².